The SMILES string of the molecule is COc1cc(/C=C(\C#N)c2nc3ccccc3[nH]2)cc(Cl)c1OC. The number of aromatic nitrogens is 2. The summed E-state index contributed by atoms with van der Waals surface area (Å²) >= 11 is 6.21. The standard InChI is InChI=1S/C18H14ClN3O2/c1-23-16-9-11(8-13(19)17(16)24-2)7-12(10-20)18-21-14-5-3-4-6-15(14)22-18/h3-9H,1-2H3,(H,21,22)/b12-7+. The van der Waals surface area contributed by atoms with Gasteiger partial charge in [0, 0.05) is 0 Å². The Balaban J connectivity index is 2.08. The number of nitrogens with zero attached hydrogens (tertiary/aromatic N) is 2. The Labute approximate surface area is 144 Å². The fourth-order valence-electron chi connectivity index (χ4n) is 2.42. The van der Waals surface area contributed by atoms with Gasteiger partial charge in [-0.05, 0) is 35.9 Å². The van der Waals surface area contributed by atoms with Crippen molar-refractivity contribution in [3.63, 3.8) is 0 Å². The molecule has 1 aromatic heterocycles. The van der Waals surface area contributed by atoms with E-state index < -0.39 is 0 Å². The molecule has 0 unspecified atom stereocenters. The number of benzene rings is 2. The first-order valence-electron chi connectivity index (χ1n) is 7.14. The number of H-pyrrole nitrogens is 1. The van der Waals surface area contributed by atoms with E-state index in [0.29, 0.717) is 27.9 Å². The second-order valence-electron chi connectivity index (χ2n) is 5.01. The van der Waals surface area contributed by atoms with Crippen molar-refractivity contribution in [2.75, 3.05) is 14.2 Å². The van der Waals surface area contributed by atoms with E-state index >= 15 is 0 Å². The number of hydrogen-bond donors (Lipinski definition) is 1. The normalized spacial score (nSPS) is 11.3. The third kappa shape index (κ3) is 2.92. The Bertz CT molecular complexity index is 937. The van der Waals surface area contributed by atoms with Crippen molar-refractivity contribution >= 4 is 34.3 Å². The largest absolute Gasteiger partial charge is 0.493 e. The molecule has 0 aliphatic rings. The van der Waals surface area contributed by atoms with Crippen molar-refractivity contribution in [1.29, 1.82) is 5.26 Å². The molecule has 120 valence electrons. The van der Waals surface area contributed by atoms with Crippen LogP contribution in [-0.4, -0.2) is 24.2 Å². The number of ether oxygens (including phenoxy) is 2. The summed E-state index contributed by atoms with van der Waals surface area (Å²) in [4.78, 5) is 7.59. The highest BCUT2D eigenvalue weighted by atomic mass is 35.5. The molecule has 3 aromatic rings. The molecule has 1 N–H and O–H groups in total. The lowest BCUT2D eigenvalue weighted by Crippen LogP contribution is -1.92. The van der Waals surface area contributed by atoms with Gasteiger partial charge in [0.15, 0.2) is 11.5 Å². The van der Waals surface area contributed by atoms with Crippen molar-refractivity contribution < 1.29 is 9.47 Å². The number of nitrogens with one attached hydrogen (secondary N) is 1. The van der Waals surface area contributed by atoms with Crippen LogP contribution < -0.4 is 9.47 Å². The van der Waals surface area contributed by atoms with Gasteiger partial charge in [0.25, 0.3) is 0 Å². The van der Waals surface area contributed by atoms with Crippen LogP contribution in [0.2, 0.25) is 5.02 Å². The van der Waals surface area contributed by atoms with Gasteiger partial charge in [0.2, 0.25) is 0 Å². The summed E-state index contributed by atoms with van der Waals surface area (Å²) in [5.74, 6) is 1.46. The molecule has 0 saturated carbocycles. The molecule has 3 rings (SSSR count). The second kappa shape index (κ2) is 6.65. The van der Waals surface area contributed by atoms with Crippen LogP contribution in [-0.2, 0) is 0 Å². The van der Waals surface area contributed by atoms with E-state index in [1.165, 1.54) is 14.2 Å². The minimum atomic E-state index is 0.398. The van der Waals surface area contributed by atoms with Gasteiger partial charge >= 0.3 is 0 Å². The van der Waals surface area contributed by atoms with Crippen LogP contribution >= 0.6 is 11.6 Å². The molecule has 0 fully saturated rings. The Morgan fingerprint density at radius 2 is 2.04 bits per heavy atom. The minimum Gasteiger partial charge on any atom is -0.493 e. The summed E-state index contributed by atoms with van der Waals surface area (Å²) in [5.41, 5.74) is 2.79. The molecule has 0 amide bonds. The van der Waals surface area contributed by atoms with Crippen LogP contribution in [0.3, 0.4) is 0 Å². The first kappa shape index (κ1) is 15.9. The molecule has 0 spiro atoms. The van der Waals surface area contributed by atoms with Crippen LogP contribution in [0.15, 0.2) is 36.4 Å². The van der Waals surface area contributed by atoms with E-state index in [1.54, 1.807) is 18.2 Å². The fourth-order valence-corrected chi connectivity index (χ4v) is 2.72. The first-order valence-corrected chi connectivity index (χ1v) is 7.52. The molecule has 0 aliphatic heterocycles. The van der Waals surface area contributed by atoms with Gasteiger partial charge in [-0.1, -0.05) is 23.7 Å². The predicted molar refractivity (Wildman–Crippen MR) is 94.1 cm³/mol. The highest BCUT2D eigenvalue weighted by molar-refractivity contribution is 6.32. The third-order valence-corrected chi connectivity index (χ3v) is 3.81. The Kier molecular flexibility index (Phi) is 4.41. The van der Waals surface area contributed by atoms with Gasteiger partial charge < -0.3 is 14.5 Å². The van der Waals surface area contributed by atoms with Gasteiger partial charge in [0.1, 0.15) is 11.9 Å². The molecule has 2 aromatic carbocycles. The molecule has 1 heterocycles. The Morgan fingerprint density at radius 1 is 1.25 bits per heavy atom. The van der Waals surface area contributed by atoms with Crippen molar-refractivity contribution in [3.05, 3.63) is 52.8 Å². The Hall–Kier alpha value is -2.97. The van der Waals surface area contributed by atoms with E-state index in [-0.39, 0.29) is 0 Å². The van der Waals surface area contributed by atoms with Gasteiger partial charge in [0.05, 0.1) is 35.8 Å². The number of rotatable bonds is 4. The van der Waals surface area contributed by atoms with Crippen molar-refractivity contribution in [2.45, 2.75) is 0 Å². The molecule has 0 aliphatic carbocycles. The molecular formula is C18H14ClN3O2. The summed E-state index contributed by atoms with van der Waals surface area (Å²) in [7, 11) is 3.06. The molecule has 0 radical (unpaired) electrons. The predicted octanol–water partition coefficient (Wildman–Crippen LogP) is 4.30. The zero-order chi connectivity index (χ0) is 17.1. The lowest BCUT2D eigenvalue weighted by molar-refractivity contribution is 0.355. The monoisotopic (exact) mass is 339 g/mol. The average Bonchev–Trinajstić information content (AvgIpc) is 3.02. The van der Waals surface area contributed by atoms with Gasteiger partial charge in [-0.15, -0.1) is 0 Å². The number of fused-ring (bicyclic) bond motifs is 1. The zero-order valence-corrected chi connectivity index (χ0v) is 13.9. The van der Waals surface area contributed by atoms with Gasteiger partial charge in [-0.25, -0.2) is 4.98 Å². The number of aromatic amines is 1. The maximum absolute atomic E-state index is 9.50. The average molecular weight is 340 g/mol. The lowest BCUT2D eigenvalue weighted by Gasteiger charge is -2.10. The number of imidazole rings is 1. The number of allylic oxidation sites excluding steroid dienone is 1. The number of para-hydroxylation sites is 2. The van der Waals surface area contributed by atoms with Crippen LogP contribution in [0, 0.1) is 11.3 Å². The van der Waals surface area contributed by atoms with Crippen molar-refractivity contribution in [1.82, 2.24) is 9.97 Å². The van der Waals surface area contributed by atoms with Crippen molar-refractivity contribution in [2.24, 2.45) is 0 Å². The minimum absolute atomic E-state index is 0.398. The molecule has 0 bridgehead atoms. The summed E-state index contributed by atoms with van der Waals surface area (Å²) in [6.07, 6.45) is 1.70. The first-order chi connectivity index (χ1) is 11.7. The molecule has 5 nitrogen and oxygen atoms in total. The summed E-state index contributed by atoms with van der Waals surface area (Å²) < 4.78 is 10.5. The molecule has 0 atom stereocenters. The number of hydrogen-bond acceptors (Lipinski definition) is 4. The van der Waals surface area contributed by atoms with E-state index in [9.17, 15) is 5.26 Å². The van der Waals surface area contributed by atoms with E-state index in [4.69, 9.17) is 21.1 Å². The second-order valence-corrected chi connectivity index (χ2v) is 5.42. The quantitative estimate of drug-likeness (QED) is 0.719. The molecule has 6 heteroatoms. The summed E-state index contributed by atoms with van der Waals surface area (Å²) in [6, 6.07) is 13.2. The number of methoxy groups -OCH3 is 2. The molecule has 0 saturated heterocycles. The smallest absolute Gasteiger partial charge is 0.179 e. The van der Waals surface area contributed by atoms with Crippen LogP contribution in [0.5, 0.6) is 11.5 Å². The summed E-state index contributed by atoms with van der Waals surface area (Å²) in [5, 5.41) is 9.90. The van der Waals surface area contributed by atoms with E-state index in [0.717, 1.165) is 16.6 Å². The maximum atomic E-state index is 9.50. The van der Waals surface area contributed by atoms with Gasteiger partial charge in [-0.2, -0.15) is 5.26 Å². The highest BCUT2D eigenvalue weighted by Gasteiger charge is 2.12. The zero-order valence-electron chi connectivity index (χ0n) is 13.1. The summed E-state index contributed by atoms with van der Waals surface area (Å²) in [6.45, 7) is 0. The topological polar surface area (TPSA) is 70.9 Å². The van der Waals surface area contributed by atoms with Crippen LogP contribution in [0.25, 0.3) is 22.7 Å². The van der Waals surface area contributed by atoms with E-state index in [2.05, 4.69) is 16.0 Å². The fraction of sp³-hybridized carbons (Fsp3) is 0.111. The van der Waals surface area contributed by atoms with Crippen LogP contribution in [0.4, 0.5) is 0 Å². The van der Waals surface area contributed by atoms with E-state index in [1.807, 2.05) is 24.3 Å². The number of nitriles is 1. The van der Waals surface area contributed by atoms with Crippen molar-refractivity contribution in [3.8, 4) is 17.6 Å². The molecule has 24 heavy (non-hydrogen) atoms. The third-order valence-electron chi connectivity index (χ3n) is 3.53. The molecular weight excluding hydrogens is 326 g/mol. The maximum Gasteiger partial charge on any atom is 0.179 e. The number of halogens is 1. The Morgan fingerprint density at radius 3 is 2.71 bits per heavy atom. The lowest BCUT2D eigenvalue weighted by atomic mass is 10.1. The van der Waals surface area contributed by atoms with Gasteiger partial charge in [-0.3, -0.25) is 0 Å². The highest BCUT2D eigenvalue weighted by Crippen LogP contribution is 2.37. The van der Waals surface area contributed by atoms with Crippen LogP contribution in [0.1, 0.15) is 11.4 Å².